The predicted octanol–water partition coefficient (Wildman–Crippen LogP) is 1.65. The molecule has 0 saturated carbocycles. The Morgan fingerprint density at radius 1 is 1.29 bits per heavy atom. The number of amides is 1. The number of halogens is 1. The second kappa shape index (κ2) is 6.43. The van der Waals surface area contributed by atoms with E-state index in [0.29, 0.717) is 11.3 Å². The van der Waals surface area contributed by atoms with Crippen LogP contribution >= 0.6 is 11.6 Å². The zero-order chi connectivity index (χ0) is 15.4. The Morgan fingerprint density at radius 3 is 2.71 bits per heavy atom. The summed E-state index contributed by atoms with van der Waals surface area (Å²) in [6.45, 7) is 0. The fraction of sp³-hybridized carbons (Fsp3) is 0.143. The number of anilines is 1. The molecule has 0 fully saturated rings. The van der Waals surface area contributed by atoms with Crippen molar-refractivity contribution in [2.24, 2.45) is 5.73 Å². The summed E-state index contributed by atoms with van der Waals surface area (Å²) < 4.78 is 0. The van der Waals surface area contributed by atoms with Gasteiger partial charge in [0.1, 0.15) is 5.15 Å². The van der Waals surface area contributed by atoms with Crippen LogP contribution in [0.4, 0.5) is 5.69 Å². The highest BCUT2D eigenvalue weighted by Crippen LogP contribution is 2.25. The van der Waals surface area contributed by atoms with Gasteiger partial charge >= 0.3 is 0 Å². The van der Waals surface area contributed by atoms with Gasteiger partial charge in [-0.25, -0.2) is 4.98 Å². The summed E-state index contributed by atoms with van der Waals surface area (Å²) in [6.07, 6.45) is 1.69. The Bertz CT molecular complexity index is 664. The Labute approximate surface area is 126 Å². The van der Waals surface area contributed by atoms with Crippen molar-refractivity contribution in [3.8, 4) is 11.5 Å². The molecule has 0 aliphatic rings. The first-order chi connectivity index (χ1) is 9.95. The third kappa shape index (κ3) is 4.08. The summed E-state index contributed by atoms with van der Waals surface area (Å²) in [6, 6.07) is 6.61. The van der Waals surface area contributed by atoms with Crippen LogP contribution in [-0.4, -0.2) is 27.1 Å². The number of aromatic hydroxyl groups is 2. The monoisotopic (exact) mass is 307 g/mol. The number of nitrogens with two attached hydrogens (primary N) is 1. The average Bonchev–Trinajstić information content (AvgIpc) is 2.43. The quantitative estimate of drug-likeness (QED) is 0.507. The standard InChI is InChI=1S/C14H14ClN3O3/c15-13-7-9(3-4-17-13)18-14(21)10(16)5-8-1-2-11(19)12(20)6-8/h1-4,6-7,10,19-20H,5,16H2,(H,17,18,21)/t10-/m0/s1. The molecule has 6 nitrogen and oxygen atoms in total. The molecule has 1 atom stereocenters. The lowest BCUT2D eigenvalue weighted by Gasteiger charge is -2.13. The summed E-state index contributed by atoms with van der Waals surface area (Å²) in [5.74, 6) is -0.853. The summed E-state index contributed by atoms with van der Waals surface area (Å²) in [5.41, 5.74) is 6.96. The van der Waals surface area contributed by atoms with Gasteiger partial charge in [0.05, 0.1) is 6.04 Å². The maximum atomic E-state index is 12.0. The van der Waals surface area contributed by atoms with Crippen molar-refractivity contribution in [3.63, 3.8) is 0 Å². The number of hydrogen-bond donors (Lipinski definition) is 4. The summed E-state index contributed by atoms with van der Waals surface area (Å²) in [5, 5.41) is 21.5. The first-order valence-corrected chi connectivity index (χ1v) is 6.52. The fourth-order valence-electron chi connectivity index (χ4n) is 1.76. The molecular weight excluding hydrogens is 294 g/mol. The molecule has 2 aromatic rings. The molecule has 0 saturated heterocycles. The maximum Gasteiger partial charge on any atom is 0.241 e. The lowest BCUT2D eigenvalue weighted by atomic mass is 10.1. The number of nitrogens with one attached hydrogen (secondary N) is 1. The number of pyridine rings is 1. The third-order valence-electron chi connectivity index (χ3n) is 2.83. The van der Waals surface area contributed by atoms with Crippen LogP contribution < -0.4 is 11.1 Å². The van der Waals surface area contributed by atoms with Crippen molar-refractivity contribution in [1.82, 2.24) is 4.98 Å². The third-order valence-corrected chi connectivity index (χ3v) is 3.03. The topological polar surface area (TPSA) is 108 Å². The predicted molar refractivity (Wildman–Crippen MR) is 79.3 cm³/mol. The van der Waals surface area contributed by atoms with Gasteiger partial charge in [-0.1, -0.05) is 17.7 Å². The van der Waals surface area contributed by atoms with Crippen LogP contribution in [0.5, 0.6) is 11.5 Å². The van der Waals surface area contributed by atoms with Crippen molar-refractivity contribution in [2.75, 3.05) is 5.32 Å². The van der Waals surface area contributed by atoms with Crippen LogP contribution in [0.3, 0.4) is 0 Å². The van der Waals surface area contributed by atoms with Crippen LogP contribution in [-0.2, 0) is 11.2 Å². The van der Waals surface area contributed by atoms with E-state index in [0.717, 1.165) is 0 Å². The van der Waals surface area contributed by atoms with E-state index < -0.39 is 6.04 Å². The molecule has 0 bridgehead atoms. The Hall–Kier alpha value is -2.31. The van der Waals surface area contributed by atoms with E-state index in [-0.39, 0.29) is 29.0 Å². The van der Waals surface area contributed by atoms with Crippen molar-refractivity contribution < 1.29 is 15.0 Å². The highest BCUT2D eigenvalue weighted by molar-refractivity contribution is 6.29. The molecule has 5 N–H and O–H groups in total. The number of rotatable bonds is 4. The molecule has 1 aromatic carbocycles. The van der Waals surface area contributed by atoms with E-state index in [4.69, 9.17) is 17.3 Å². The van der Waals surface area contributed by atoms with E-state index in [1.54, 1.807) is 12.1 Å². The van der Waals surface area contributed by atoms with E-state index in [1.807, 2.05) is 0 Å². The molecule has 1 amide bonds. The molecule has 7 heteroatoms. The fourth-order valence-corrected chi connectivity index (χ4v) is 1.93. The van der Waals surface area contributed by atoms with Gasteiger partial charge in [0.2, 0.25) is 5.91 Å². The second-order valence-electron chi connectivity index (χ2n) is 4.49. The highest BCUT2D eigenvalue weighted by atomic mass is 35.5. The van der Waals surface area contributed by atoms with Crippen molar-refractivity contribution in [2.45, 2.75) is 12.5 Å². The smallest absolute Gasteiger partial charge is 0.241 e. The number of carbonyl (C=O) groups excluding carboxylic acids is 1. The summed E-state index contributed by atoms with van der Waals surface area (Å²) >= 11 is 5.72. The number of nitrogens with zero attached hydrogens (tertiary/aromatic N) is 1. The number of benzene rings is 1. The minimum absolute atomic E-state index is 0.219. The van der Waals surface area contributed by atoms with Gasteiger partial charge in [-0.3, -0.25) is 4.79 Å². The molecule has 2 rings (SSSR count). The molecule has 0 aliphatic carbocycles. The zero-order valence-electron chi connectivity index (χ0n) is 11.0. The van der Waals surface area contributed by atoms with E-state index in [9.17, 15) is 15.0 Å². The normalized spacial score (nSPS) is 11.9. The average molecular weight is 308 g/mol. The Balaban J connectivity index is 2.00. The summed E-state index contributed by atoms with van der Waals surface area (Å²) in [7, 11) is 0. The largest absolute Gasteiger partial charge is 0.504 e. The Kier molecular flexibility index (Phi) is 4.62. The molecule has 0 unspecified atom stereocenters. The van der Waals surface area contributed by atoms with E-state index in [1.165, 1.54) is 24.4 Å². The number of carbonyl (C=O) groups is 1. The molecule has 0 radical (unpaired) electrons. The van der Waals surface area contributed by atoms with Gasteiger partial charge in [0.15, 0.2) is 11.5 Å². The van der Waals surface area contributed by atoms with Crippen LogP contribution in [0, 0.1) is 0 Å². The van der Waals surface area contributed by atoms with Crippen LogP contribution in [0.25, 0.3) is 0 Å². The van der Waals surface area contributed by atoms with Gasteiger partial charge in [-0.05, 0) is 36.2 Å². The minimum atomic E-state index is -0.805. The second-order valence-corrected chi connectivity index (χ2v) is 4.88. The molecule has 0 spiro atoms. The number of phenolic OH excluding ortho intramolecular Hbond substituents is 2. The van der Waals surface area contributed by atoms with Crippen molar-refractivity contribution in [3.05, 3.63) is 47.2 Å². The zero-order valence-corrected chi connectivity index (χ0v) is 11.7. The first kappa shape index (κ1) is 15.1. The van der Waals surface area contributed by atoms with Gasteiger partial charge < -0.3 is 21.3 Å². The highest BCUT2D eigenvalue weighted by Gasteiger charge is 2.15. The lowest BCUT2D eigenvalue weighted by Crippen LogP contribution is -2.37. The van der Waals surface area contributed by atoms with Gasteiger partial charge in [0.25, 0.3) is 0 Å². The van der Waals surface area contributed by atoms with Crippen LogP contribution in [0.1, 0.15) is 5.56 Å². The van der Waals surface area contributed by atoms with E-state index >= 15 is 0 Å². The molecule has 1 aromatic heterocycles. The van der Waals surface area contributed by atoms with Gasteiger partial charge in [0, 0.05) is 11.9 Å². The first-order valence-electron chi connectivity index (χ1n) is 6.14. The maximum absolute atomic E-state index is 12.0. The minimum Gasteiger partial charge on any atom is -0.504 e. The van der Waals surface area contributed by atoms with E-state index in [2.05, 4.69) is 10.3 Å². The molecular formula is C14H14ClN3O3. The van der Waals surface area contributed by atoms with Crippen LogP contribution in [0.2, 0.25) is 5.15 Å². The van der Waals surface area contributed by atoms with Gasteiger partial charge in [-0.15, -0.1) is 0 Å². The Morgan fingerprint density at radius 2 is 2.05 bits per heavy atom. The molecule has 21 heavy (non-hydrogen) atoms. The van der Waals surface area contributed by atoms with Crippen molar-refractivity contribution in [1.29, 1.82) is 0 Å². The number of phenols is 2. The number of aromatic nitrogens is 1. The lowest BCUT2D eigenvalue weighted by molar-refractivity contribution is -0.117. The SMILES string of the molecule is N[C@@H](Cc1ccc(O)c(O)c1)C(=O)Nc1ccnc(Cl)c1. The number of hydrogen-bond acceptors (Lipinski definition) is 5. The van der Waals surface area contributed by atoms with Crippen molar-refractivity contribution >= 4 is 23.2 Å². The van der Waals surface area contributed by atoms with Gasteiger partial charge in [-0.2, -0.15) is 0 Å². The van der Waals surface area contributed by atoms with Crippen LogP contribution in [0.15, 0.2) is 36.5 Å². The molecule has 0 aliphatic heterocycles. The molecule has 1 heterocycles. The summed E-state index contributed by atoms with van der Waals surface area (Å²) in [4.78, 5) is 15.8. The molecule has 110 valence electrons.